The van der Waals surface area contributed by atoms with Crippen molar-refractivity contribution >= 4 is 47.5 Å². The number of phenolic OH excluding ortho intramolecular Hbond substituents is 2. The summed E-state index contributed by atoms with van der Waals surface area (Å²) in [4.78, 5) is 75.6. The second-order valence-corrected chi connectivity index (χ2v) is 9.98. The fourth-order valence-corrected chi connectivity index (χ4v) is 5.54. The molecule has 2 aliphatic heterocycles. The first-order chi connectivity index (χ1) is 19.5. The number of rotatable bonds is 8. The molecule has 4 rings (SSSR count). The number of carbonyl (C=O) groups excluding carboxylic acids is 5. The van der Waals surface area contributed by atoms with E-state index in [1.165, 1.54) is 43.0 Å². The van der Waals surface area contributed by atoms with E-state index < -0.39 is 64.6 Å². The topological polar surface area (TPSA) is 212 Å². The third kappa shape index (κ3) is 6.09. The van der Waals surface area contributed by atoms with Gasteiger partial charge in [0.15, 0.2) is 11.5 Å². The molecule has 2 aliphatic rings. The predicted molar refractivity (Wildman–Crippen MR) is 141 cm³/mol. The highest BCUT2D eigenvalue weighted by Crippen LogP contribution is 2.40. The molecule has 3 atom stereocenters. The highest BCUT2D eigenvalue weighted by molar-refractivity contribution is 8.00. The maximum absolute atomic E-state index is 13.3. The Balaban J connectivity index is 1.49. The molecular formula is C26H24N4O10S. The number of para-hydroxylation sites is 1. The first kappa shape index (κ1) is 28.9. The Morgan fingerprint density at radius 3 is 2.44 bits per heavy atom. The van der Waals surface area contributed by atoms with Crippen molar-refractivity contribution in [1.29, 1.82) is 0 Å². The zero-order chi connectivity index (χ0) is 29.8. The number of β-lactam (4-membered cyclic amide) rings is 1. The van der Waals surface area contributed by atoms with Crippen LogP contribution < -0.4 is 16.0 Å². The third-order valence-electron chi connectivity index (χ3n) is 6.15. The van der Waals surface area contributed by atoms with Crippen LogP contribution in [0.25, 0.3) is 0 Å². The summed E-state index contributed by atoms with van der Waals surface area (Å²) < 4.78 is 4.90. The van der Waals surface area contributed by atoms with E-state index in [2.05, 4.69) is 10.6 Å². The standard InChI is InChI=1S/C26H24N4O10S/c1-12(31)40-10-14-11-41-24-18(23(36)30(24)19(14)25(37)38)27-22(35)17(13-6-3-2-4-7-13)28-26(39)29-21(34)15-8-5-9-16(32)20(15)33/h2-9,17-18,24,32-33H,10-11H2,1H3,(H,27,35)(H,37,38)(H2,28,29,34,39)/t17?,18?,24-/m0/s1. The number of carboxylic acids is 1. The molecule has 41 heavy (non-hydrogen) atoms. The first-order valence-corrected chi connectivity index (χ1v) is 13.1. The third-order valence-corrected chi connectivity index (χ3v) is 7.49. The highest BCUT2D eigenvalue weighted by Gasteiger charge is 2.54. The Morgan fingerprint density at radius 1 is 1.07 bits per heavy atom. The van der Waals surface area contributed by atoms with Crippen molar-refractivity contribution in [2.75, 3.05) is 12.4 Å². The quantitative estimate of drug-likeness (QED) is 0.143. The zero-order valence-electron chi connectivity index (χ0n) is 21.3. The number of hydrogen-bond donors (Lipinski definition) is 6. The molecule has 0 aromatic heterocycles. The van der Waals surface area contributed by atoms with Crippen LogP contribution >= 0.6 is 11.8 Å². The Hall–Kier alpha value is -5.05. The second-order valence-electron chi connectivity index (χ2n) is 8.88. The molecule has 214 valence electrons. The lowest BCUT2D eigenvalue weighted by molar-refractivity contribution is -0.151. The zero-order valence-corrected chi connectivity index (χ0v) is 22.1. The van der Waals surface area contributed by atoms with Crippen molar-refractivity contribution in [2.24, 2.45) is 0 Å². The Bertz CT molecular complexity index is 1460. The van der Waals surface area contributed by atoms with Crippen molar-refractivity contribution in [2.45, 2.75) is 24.4 Å². The number of urea groups is 1. The number of carbonyl (C=O) groups is 6. The van der Waals surface area contributed by atoms with E-state index in [1.807, 2.05) is 5.32 Å². The smallest absolute Gasteiger partial charge is 0.352 e. The van der Waals surface area contributed by atoms with Gasteiger partial charge in [0.2, 0.25) is 5.91 Å². The molecule has 0 radical (unpaired) electrons. The molecule has 5 amide bonds. The summed E-state index contributed by atoms with van der Waals surface area (Å²) in [5.41, 5.74) is -0.167. The van der Waals surface area contributed by atoms with Crippen LogP contribution in [0.5, 0.6) is 11.5 Å². The molecule has 2 aromatic rings. The first-order valence-electron chi connectivity index (χ1n) is 12.0. The van der Waals surface area contributed by atoms with E-state index in [1.54, 1.807) is 18.2 Å². The van der Waals surface area contributed by atoms with Crippen molar-refractivity contribution in [3.8, 4) is 11.5 Å². The molecule has 0 aliphatic carbocycles. The van der Waals surface area contributed by atoms with Gasteiger partial charge >= 0.3 is 18.0 Å². The number of fused-ring (bicyclic) bond motifs is 1. The number of phenols is 2. The molecule has 0 spiro atoms. The van der Waals surface area contributed by atoms with Gasteiger partial charge in [-0.05, 0) is 17.7 Å². The fraction of sp³-hybridized carbons (Fsp3) is 0.231. The normalized spacial score (nSPS) is 18.4. The molecule has 2 aromatic carbocycles. The lowest BCUT2D eigenvalue weighted by Gasteiger charge is -2.49. The van der Waals surface area contributed by atoms with E-state index in [-0.39, 0.29) is 29.2 Å². The fourth-order valence-electron chi connectivity index (χ4n) is 4.22. The van der Waals surface area contributed by atoms with Crippen molar-refractivity contribution in [3.63, 3.8) is 0 Å². The van der Waals surface area contributed by atoms with Crippen LogP contribution in [0.4, 0.5) is 4.79 Å². The van der Waals surface area contributed by atoms with Crippen LogP contribution in [0.1, 0.15) is 28.9 Å². The lowest BCUT2D eigenvalue weighted by Crippen LogP contribution is -2.71. The molecule has 14 nitrogen and oxygen atoms in total. The van der Waals surface area contributed by atoms with Crippen LogP contribution in [0, 0.1) is 0 Å². The van der Waals surface area contributed by atoms with Crippen LogP contribution in [0.15, 0.2) is 59.8 Å². The van der Waals surface area contributed by atoms with Gasteiger partial charge < -0.3 is 30.7 Å². The maximum atomic E-state index is 13.3. The average Bonchev–Trinajstić information content (AvgIpc) is 2.94. The molecule has 1 fully saturated rings. The molecule has 1 saturated heterocycles. The molecular weight excluding hydrogens is 560 g/mol. The number of aliphatic carboxylic acids is 1. The molecule has 2 heterocycles. The van der Waals surface area contributed by atoms with Crippen molar-refractivity contribution in [3.05, 3.63) is 70.9 Å². The number of thioether (sulfide) groups is 1. The summed E-state index contributed by atoms with van der Waals surface area (Å²) in [5, 5.41) is 35.3. The average molecular weight is 585 g/mol. The summed E-state index contributed by atoms with van der Waals surface area (Å²) in [6, 6.07) is 7.93. The minimum Gasteiger partial charge on any atom is -0.504 e. The van der Waals surface area contributed by atoms with E-state index in [0.29, 0.717) is 5.56 Å². The Kier molecular flexibility index (Phi) is 8.47. The summed E-state index contributed by atoms with van der Waals surface area (Å²) >= 11 is 1.17. The van der Waals surface area contributed by atoms with Gasteiger partial charge in [0.25, 0.3) is 11.8 Å². The van der Waals surface area contributed by atoms with E-state index in [4.69, 9.17) is 4.74 Å². The number of carboxylic acid groups (broad SMARTS) is 1. The molecule has 0 bridgehead atoms. The van der Waals surface area contributed by atoms with E-state index >= 15 is 0 Å². The van der Waals surface area contributed by atoms with E-state index in [9.17, 15) is 44.1 Å². The lowest BCUT2D eigenvalue weighted by atomic mass is 10.0. The van der Waals surface area contributed by atoms with Gasteiger partial charge in [-0.3, -0.25) is 29.4 Å². The number of amides is 5. The second kappa shape index (κ2) is 12.0. The number of imide groups is 1. The summed E-state index contributed by atoms with van der Waals surface area (Å²) in [5.74, 6) is -5.76. The minimum atomic E-state index is -1.39. The van der Waals surface area contributed by atoms with Crippen LogP contribution in [0.2, 0.25) is 0 Å². The minimum absolute atomic E-state index is 0.127. The number of nitrogens with one attached hydrogen (secondary N) is 3. The van der Waals surface area contributed by atoms with Gasteiger partial charge in [0.1, 0.15) is 29.8 Å². The van der Waals surface area contributed by atoms with Gasteiger partial charge in [0, 0.05) is 18.2 Å². The SMILES string of the molecule is CC(=O)OCC1=C(C(=O)O)N2C(=O)C(NC(=O)C(NC(=O)NC(=O)c3cccc(O)c3O)c3ccccc3)[C@@H]2SC1. The van der Waals surface area contributed by atoms with Gasteiger partial charge in [-0.25, -0.2) is 9.59 Å². The van der Waals surface area contributed by atoms with Gasteiger partial charge in [-0.15, -0.1) is 11.8 Å². The summed E-state index contributed by atoms with van der Waals surface area (Å²) in [7, 11) is 0. The summed E-state index contributed by atoms with van der Waals surface area (Å²) in [6.07, 6.45) is 0. The molecule has 2 unspecified atom stereocenters. The molecule has 0 saturated carbocycles. The van der Waals surface area contributed by atoms with Gasteiger partial charge in [-0.2, -0.15) is 0 Å². The number of aromatic hydroxyl groups is 2. The number of ether oxygens (including phenoxy) is 1. The number of benzene rings is 2. The van der Waals surface area contributed by atoms with Crippen molar-refractivity contribution < 1.29 is 48.8 Å². The summed E-state index contributed by atoms with van der Waals surface area (Å²) in [6.45, 7) is 0.871. The van der Waals surface area contributed by atoms with Gasteiger partial charge in [0.05, 0.1) is 5.56 Å². The predicted octanol–water partition coefficient (Wildman–Crippen LogP) is 0.580. The highest BCUT2D eigenvalue weighted by atomic mass is 32.2. The van der Waals surface area contributed by atoms with Crippen LogP contribution in [-0.2, 0) is 23.9 Å². The number of hydrogen-bond acceptors (Lipinski definition) is 10. The molecule has 6 N–H and O–H groups in total. The van der Waals surface area contributed by atoms with Gasteiger partial charge in [-0.1, -0.05) is 36.4 Å². The Labute approximate surface area is 236 Å². The van der Waals surface area contributed by atoms with Crippen LogP contribution in [0.3, 0.4) is 0 Å². The number of nitrogens with zero attached hydrogens (tertiary/aromatic N) is 1. The number of esters is 1. The Morgan fingerprint density at radius 2 is 1.78 bits per heavy atom. The maximum Gasteiger partial charge on any atom is 0.352 e. The molecule has 15 heteroatoms. The van der Waals surface area contributed by atoms with Crippen molar-refractivity contribution in [1.82, 2.24) is 20.9 Å². The monoisotopic (exact) mass is 584 g/mol. The largest absolute Gasteiger partial charge is 0.504 e. The van der Waals surface area contributed by atoms with E-state index in [0.717, 1.165) is 11.0 Å². The van der Waals surface area contributed by atoms with Crippen LogP contribution in [-0.4, -0.2) is 79.7 Å².